The van der Waals surface area contributed by atoms with Crippen LogP contribution in [-0.4, -0.2) is 51.4 Å². The van der Waals surface area contributed by atoms with Crippen LogP contribution in [0, 0.1) is 0 Å². The van der Waals surface area contributed by atoms with Crippen LogP contribution in [0.5, 0.6) is 5.75 Å². The highest BCUT2D eigenvalue weighted by Gasteiger charge is 2.28. The van der Waals surface area contributed by atoms with E-state index in [4.69, 9.17) is 4.74 Å². The van der Waals surface area contributed by atoms with Crippen LogP contribution in [-0.2, 0) is 19.4 Å². The molecule has 1 aliphatic heterocycles. The first-order chi connectivity index (χ1) is 11.3. The van der Waals surface area contributed by atoms with E-state index in [1.165, 1.54) is 11.8 Å². The molecule has 1 aromatic carbocycles. The molecule has 1 unspecified atom stereocenters. The Hall–Kier alpha value is -2.09. The van der Waals surface area contributed by atoms with Crippen LogP contribution in [0.25, 0.3) is 0 Å². The summed E-state index contributed by atoms with van der Waals surface area (Å²) in [6.45, 7) is 1.67. The average molecular weight is 354 g/mol. The number of carbonyl (C=O) groups excluding carboxylic acids is 2. The van der Waals surface area contributed by atoms with Gasteiger partial charge in [0.15, 0.2) is 9.84 Å². The van der Waals surface area contributed by atoms with Gasteiger partial charge in [0.1, 0.15) is 5.75 Å². The summed E-state index contributed by atoms with van der Waals surface area (Å²) in [5.74, 6) is 0.368. The van der Waals surface area contributed by atoms with Crippen LogP contribution in [0.4, 0.5) is 5.69 Å². The number of methoxy groups -OCH3 is 1. The van der Waals surface area contributed by atoms with Gasteiger partial charge in [0.2, 0.25) is 11.8 Å². The molecule has 0 radical (unpaired) electrons. The summed E-state index contributed by atoms with van der Waals surface area (Å²) in [5.41, 5.74) is 0.680. The van der Waals surface area contributed by atoms with E-state index in [0.29, 0.717) is 17.9 Å². The number of hydrogen-bond donors (Lipinski definition) is 1. The molecule has 1 heterocycles. The van der Waals surface area contributed by atoms with Gasteiger partial charge in [-0.2, -0.15) is 0 Å². The van der Waals surface area contributed by atoms with Gasteiger partial charge in [-0.1, -0.05) is 0 Å². The fourth-order valence-electron chi connectivity index (χ4n) is 2.65. The molecule has 1 aromatic rings. The molecular weight excluding hydrogens is 332 g/mol. The molecule has 132 valence electrons. The van der Waals surface area contributed by atoms with Gasteiger partial charge in [0, 0.05) is 31.6 Å². The number of anilines is 1. The summed E-state index contributed by atoms with van der Waals surface area (Å²) >= 11 is 0. The number of sulfone groups is 1. The normalized spacial score (nSPS) is 18.8. The third-order valence-electron chi connectivity index (χ3n) is 3.92. The zero-order chi connectivity index (χ0) is 17.7. The second kappa shape index (κ2) is 7.65. The van der Waals surface area contributed by atoms with E-state index in [1.807, 2.05) is 0 Å². The van der Waals surface area contributed by atoms with Crippen LogP contribution in [0.1, 0.15) is 19.8 Å². The molecule has 0 spiro atoms. The van der Waals surface area contributed by atoms with E-state index >= 15 is 0 Å². The predicted octanol–water partition coefficient (Wildman–Crippen LogP) is 0.741. The monoisotopic (exact) mass is 354 g/mol. The van der Waals surface area contributed by atoms with Gasteiger partial charge < -0.3 is 15.0 Å². The summed E-state index contributed by atoms with van der Waals surface area (Å²) in [7, 11) is -1.47. The smallest absolute Gasteiger partial charge is 0.223 e. The molecule has 2 amide bonds. The fourth-order valence-corrected chi connectivity index (χ4v) is 4.33. The van der Waals surface area contributed by atoms with E-state index in [2.05, 4.69) is 5.32 Å². The average Bonchev–Trinajstić information content (AvgIpc) is 2.86. The van der Waals surface area contributed by atoms with Crippen molar-refractivity contribution in [1.29, 1.82) is 0 Å². The van der Waals surface area contributed by atoms with Gasteiger partial charge in [-0.15, -0.1) is 0 Å². The summed E-state index contributed by atoms with van der Waals surface area (Å²) < 4.78 is 27.9. The molecule has 0 saturated carbocycles. The third kappa shape index (κ3) is 4.95. The van der Waals surface area contributed by atoms with Crippen molar-refractivity contribution in [2.45, 2.75) is 25.8 Å². The van der Waals surface area contributed by atoms with Crippen molar-refractivity contribution in [2.75, 3.05) is 30.1 Å². The van der Waals surface area contributed by atoms with Crippen molar-refractivity contribution >= 4 is 27.3 Å². The Bertz CT molecular complexity index is 700. The predicted molar refractivity (Wildman–Crippen MR) is 90.8 cm³/mol. The van der Waals surface area contributed by atoms with Crippen LogP contribution >= 0.6 is 0 Å². The lowest BCUT2D eigenvalue weighted by atomic mass is 10.2. The number of hydrogen-bond acceptors (Lipinski definition) is 5. The summed E-state index contributed by atoms with van der Waals surface area (Å²) in [5, 5.41) is 2.72. The molecule has 1 saturated heterocycles. The van der Waals surface area contributed by atoms with Gasteiger partial charge in [-0.3, -0.25) is 9.59 Å². The van der Waals surface area contributed by atoms with Crippen molar-refractivity contribution in [3.05, 3.63) is 24.3 Å². The van der Waals surface area contributed by atoms with Gasteiger partial charge in [0.25, 0.3) is 0 Å². The zero-order valence-electron chi connectivity index (χ0n) is 13.8. The minimum absolute atomic E-state index is 0.00631. The minimum atomic E-state index is -3.03. The fraction of sp³-hybridized carbons (Fsp3) is 0.500. The number of ether oxygens (including phenoxy) is 1. The molecule has 1 N–H and O–H groups in total. The van der Waals surface area contributed by atoms with Gasteiger partial charge in [0.05, 0.1) is 18.6 Å². The first kappa shape index (κ1) is 18.3. The molecule has 1 aliphatic rings. The molecule has 0 bridgehead atoms. The largest absolute Gasteiger partial charge is 0.497 e. The summed E-state index contributed by atoms with van der Waals surface area (Å²) in [6, 6.07) is 6.67. The van der Waals surface area contributed by atoms with Crippen molar-refractivity contribution in [1.82, 2.24) is 5.32 Å². The molecule has 7 nitrogen and oxygen atoms in total. The lowest BCUT2D eigenvalue weighted by Crippen LogP contribution is -2.38. The standard InChI is InChI=1S/C16H22N2O5S/c1-12(19)18(14-3-5-15(23-2)6-4-14)9-7-16(20)17-13-8-10-24(21,22)11-13/h3-6,13H,7-11H2,1-2H3,(H,17,20). The highest BCUT2D eigenvalue weighted by molar-refractivity contribution is 7.91. The Morgan fingerprint density at radius 2 is 1.96 bits per heavy atom. The quantitative estimate of drug-likeness (QED) is 0.813. The van der Waals surface area contributed by atoms with E-state index < -0.39 is 9.84 Å². The van der Waals surface area contributed by atoms with Crippen molar-refractivity contribution in [3.8, 4) is 5.75 Å². The Morgan fingerprint density at radius 1 is 1.29 bits per heavy atom. The van der Waals surface area contributed by atoms with Gasteiger partial charge in [-0.25, -0.2) is 8.42 Å². The Morgan fingerprint density at radius 3 is 2.46 bits per heavy atom. The highest BCUT2D eigenvalue weighted by atomic mass is 32.2. The second-order valence-electron chi connectivity index (χ2n) is 5.79. The van der Waals surface area contributed by atoms with Crippen molar-refractivity contribution in [3.63, 3.8) is 0 Å². The van der Waals surface area contributed by atoms with Crippen molar-refractivity contribution in [2.24, 2.45) is 0 Å². The van der Waals surface area contributed by atoms with Crippen LogP contribution in [0.15, 0.2) is 24.3 Å². The topological polar surface area (TPSA) is 92.8 Å². The molecule has 24 heavy (non-hydrogen) atoms. The van der Waals surface area contributed by atoms with E-state index in [-0.39, 0.29) is 42.3 Å². The number of rotatable bonds is 6. The molecule has 1 atom stereocenters. The van der Waals surface area contributed by atoms with E-state index in [9.17, 15) is 18.0 Å². The Balaban J connectivity index is 1.91. The Labute approximate surface area is 141 Å². The first-order valence-electron chi connectivity index (χ1n) is 7.72. The number of benzene rings is 1. The lowest BCUT2D eigenvalue weighted by molar-refractivity contribution is -0.121. The maximum Gasteiger partial charge on any atom is 0.223 e. The summed E-state index contributed by atoms with van der Waals surface area (Å²) in [4.78, 5) is 25.3. The second-order valence-corrected chi connectivity index (χ2v) is 8.01. The van der Waals surface area contributed by atoms with Crippen LogP contribution < -0.4 is 15.0 Å². The van der Waals surface area contributed by atoms with Gasteiger partial charge in [-0.05, 0) is 30.7 Å². The van der Waals surface area contributed by atoms with Crippen LogP contribution in [0.2, 0.25) is 0 Å². The molecule has 1 fully saturated rings. The number of nitrogens with one attached hydrogen (secondary N) is 1. The van der Waals surface area contributed by atoms with E-state index in [1.54, 1.807) is 31.4 Å². The third-order valence-corrected chi connectivity index (χ3v) is 5.69. The SMILES string of the molecule is COc1ccc(N(CCC(=O)NC2CCS(=O)(=O)C2)C(C)=O)cc1. The van der Waals surface area contributed by atoms with Crippen molar-refractivity contribution < 1.29 is 22.7 Å². The maximum atomic E-state index is 12.0. The van der Waals surface area contributed by atoms with Gasteiger partial charge >= 0.3 is 0 Å². The first-order valence-corrected chi connectivity index (χ1v) is 9.55. The number of amides is 2. The minimum Gasteiger partial charge on any atom is -0.497 e. The molecular formula is C16H22N2O5S. The Kier molecular flexibility index (Phi) is 5.82. The highest BCUT2D eigenvalue weighted by Crippen LogP contribution is 2.19. The molecule has 2 rings (SSSR count). The maximum absolute atomic E-state index is 12.0. The van der Waals surface area contributed by atoms with E-state index in [0.717, 1.165) is 0 Å². The number of carbonyl (C=O) groups is 2. The molecule has 0 aliphatic carbocycles. The zero-order valence-corrected chi connectivity index (χ0v) is 14.6. The molecule has 0 aromatic heterocycles. The number of nitrogens with zero attached hydrogens (tertiary/aromatic N) is 1. The molecule has 8 heteroatoms. The van der Waals surface area contributed by atoms with Crippen LogP contribution in [0.3, 0.4) is 0 Å². The lowest BCUT2D eigenvalue weighted by Gasteiger charge is -2.21. The summed E-state index contributed by atoms with van der Waals surface area (Å²) in [6.07, 6.45) is 0.561.